The van der Waals surface area contributed by atoms with Crippen molar-refractivity contribution in [1.29, 1.82) is 0 Å². The number of hydrogen-bond acceptors (Lipinski definition) is 4. The molecule has 2 fully saturated rings. The van der Waals surface area contributed by atoms with Gasteiger partial charge in [-0.3, -0.25) is 9.78 Å². The minimum atomic E-state index is 0. The Kier molecular flexibility index (Phi) is 7.35. The number of amides is 1. The topological polar surface area (TPSA) is 54.5 Å². The van der Waals surface area contributed by atoms with Crippen LogP contribution in [0.3, 0.4) is 0 Å². The Hall–Kier alpha value is -1.27. The van der Waals surface area contributed by atoms with Crippen molar-refractivity contribution < 1.29 is 9.53 Å². The molecule has 0 spiro atoms. The number of aromatic nitrogens is 1. The van der Waals surface area contributed by atoms with Gasteiger partial charge in [0.05, 0.1) is 5.02 Å². The van der Waals surface area contributed by atoms with E-state index in [2.05, 4.69) is 10.3 Å². The molecule has 4 rings (SSSR count). The second-order valence-electron chi connectivity index (χ2n) is 6.50. The lowest BCUT2D eigenvalue weighted by Crippen LogP contribution is -2.41. The van der Waals surface area contributed by atoms with Gasteiger partial charge in [0, 0.05) is 36.8 Å². The van der Waals surface area contributed by atoms with Crippen molar-refractivity contribution in [3.05, 3.63) is 35.5 Å². The summed E-state index contributed by atoms with van der Waals surface area (Å²) in [6, 6.07) is 8.29. The van der Waals surface area contributed by atoms with E-state index in [-0.39, 0.29) is 37.3 Å². The van der Waals surface area contributed by atoms with Gasteiger partial charge in [-0.05, 0) is 43.5 Å². The molecule has 0 aliphatic carbocycles. The number of fused-ring (bicyclic) bond motifs is 3. The van der Waals surface area contributed by atoms with E-state index >= 15 is 0 Å². The summed E-state index contributed by atoms with van der Waals surface area (Å²) >= 11 is 6.19. The molecule has 1 aromatic carbocycles. The van der Waals surface area contributed by atoms with Crippen LogP contribution in [0.5, 0.6) is 5.75 Å². The first-order valence-corrected chi connectivity index (χ1v) is 8.78. The van der Waals surface area contributed by atoms with Gasteiger partial charge in [0.15, 0.2) is 6.61 Å². The standard InChI is InChI=1S/C18H20ClN3O2.2ClH/c19-15-5-6-16(18-14(15)2-1-8-20-18)24-11-17(23)22-9-7-12-3-4-13(10-22)21-12;;/h1-2,5-6,8,12-13,21H,3-4,7,9-11H2;2*1H. The van der Waals surface area contributed by atoms with Crippen LogP contribution in [0.25, 0.3) is 10.9 Å². The highest BCUT2D eigenvalue weighted by molar-refractivity contribution is 6.35. The molecule has 3 heterocycles. The molecule has 1 amide bonds. The SMILES string of the molecule is Cl.Cl.O=C(COc1ccc(Cl)c2cccnc12)N1CCC2CCC(C1)N2. The molecule has 2 unspecified atom stereocenters. The van der Waals surface area contributed by atoms with Crippen LogP contribution in [0.15, 0.2) is 30.5 Å². The zero-order valence-electron chi connectivity index (χ0n) is 14.2. The van der Waals surface area contributed by atoms with Crippen molar-refractivity contribution in [1.82, 2.24) is 15.2 Å². The van der Waals surface area contributed by atoms with Gasteiger partial charge in [-0.2, -0.15) is 0 Å². The van der Waals surface area contributed by atoms with E-state index < -0.39 is 0 Å². The van der Waals surface area contributed by atoms with Crippen LogP contribution in [-0.2, 0) is 4.79 Å². The monoisotopic (exact) mass is 417 g/mol. The van der Waals surface area contributed by atoms with Gasteiger partial charge < -0.3 is 15.0 Å². The fraction of sp³-hybridized carbons (Fsp3) is 0.444. The predicted octanol–water partition coefficient (Wildman–Crippen LogP) is 3.46. The maximum atomic E-state index is 12.5. The molecule has 2 aliphatic heterocycles. The number of pyridine rings is 1. The smallest absolute Gasteiger partial charge is 0.260 e. The van der Waals surface area contributed by atoms with Crippen molar-refractivity contribution in [3.8, 4) is 5.75 Å². The number of hydrogen-bond donors (Lipinski definition) is 1. The van der Waals surface area contributed by atoms with Crippen LogP contribution >= 0.6 is 36.4 Å². The highest BCUT2D eigenvalue weighted by Gasteiger charge is 2.31. The Balaban J connectivity index is 0.00000121. The van der Waals surface area contributed by atoms with Gasteiger partial charge in [-0.1, -0.05) is 11.6 Å². The number of benzene rings is 1. The summed E-state index contributed by atoms with van der Waals surface area (Å²) in [6.07, 6.45) is 5.10. The van der Waals surface area contributed by atoms with Crippen LogP contribution in [0.2, 0.25) is 5.02 Å². The van der Waals surface area contributed by atoms with Crippen molar-refractivity contribution in [2.45, 2.75) is 31.3 Å². The third-order valence-electron chi connectivity index (χ3n) is 4.91. The third-order valence-corrected chi connectivity index (χ3v) is 5.24. The number of ether oxygens (including phenoxy) is 1. The van der Waals surface area contributed by atoms with Crippen molar-refractivity contribution >= 4 is 53.2 Å². The van der Waals surface area contributed by atoms with Gasteiger partial charge in [0.2, 0.25) is 0 Å². The lowest BCUT2D eigenvalue weighted by Gasteiger charge is -2.24. The van der Waals surface area contributed by atoms with Crippen molar-refractivity contribution in [2.75, 3.05) is 19.7 Å². The molecule has 2 aliphatic rings. The number of rotatable bonds is 3. The van der Waals surface area contributed by atoms with E-state index in [1.165, 1.54) is 6.42 Å². The molecular formula is C18H22Cl3N3O2. The van der Waals surface area contributed by atoms with Crippen LogP contribution in [0.4, 0.5) is 0 Å². The van der Waals surface area contributed by atoms with Gasteiger partial charge in [-0.15, -0.1) is 24.8 Å². The molecule has 142 valence electrons. The molecule has 0 saturated carbocycles. The Morgan fingerprint density at radius 3 is 2.88 bits per heavy atom. The number of carbonyl (C=O) groups is 1. The second kappa shape index (κ2) is 9.09. The lowest BCUT2D eigenvalue weighted by molar-refractivity contribution is -0.133. The molecule has 2 saturated heterocycles. The first-order valence-electron chi connectivity index (χ1n) is 8.40. The first-order chi connectivity index (χ1) is 11.7. The first kappa shape index (κ1) is 21.0. The van der Waals surface area contributed by atoms with E-state index in [9.17, 15) is 4.79 Å². The molecular weight excluding hydrogens is 397 g/mol. The third kappa shape index (κ3) is 4.34. The van der Waals surface area contributed by atoms with E-state index in [0.717, 1.165) is 31.3 Å². The summed E-state index contributed by atoms with van der Waals surface area (Å²) in [5.41, 5.74) is 0.689. The van der Waals surface area contributed by atoms with Crippen molar-refractivity contribution in [3.63, 3.8) is 0 Å². The Labute approximate surface area is 170 Å². The highest BCUT2D eigenvalue weighted by Crippen LogP contribution is 2.29. The zero-order chi connectivity index (χ0) is 16.5. The number of nitrogens with one attached hydrogen (secondary N) is 1. The molecule has 8 heteroatoms. The zero-order valence-corrected chi connectivity index (χ0v) is 16.6. The van der Waals surface area contributed by atoms with Crippen LogP contribution < -0.4 is 10.1 Å². The molecule has 2 atom stereocenters. The normalized spacial score (nSPS) is 21.5. The summed E-state index contributed by atoms with van der Waals surface area (Å²) in [6.45, 7) is 1.61. The molecule has 1 N–H and O–H groups in total. The summed E-state index contributed by atoms with van der Waals surface area (Å²) < 4.78 is 5.78. The van der Waals surface area contributed by atoms with E-state index in [1.54, 1.807) is 18.3 Å². The summed E-state index contributed by atoms with van der Waals surface area (Å²) in [5, 5.41) is 5.05. The van der Waals surface area contributed by atoms with Gasteiger partial charge >= 0.3 is 0 Å². The molecule has 1 aromatic heterocycles. The molecule has 2 aromatic rings. The number of halogens is 3. The maximum Gasteiger partial charge on any atom is 0.260 e. The van der Waals surface area contributed by atoms with Crippen LogP contribution in [0.1, 0.15) is 19.3 Å². The second-order valence-corrected chi connectivity index (χ2v) is 6.91. The molecule has 5 nitrogen and oxygen atoms in total. The van der Waals surface area contributed by atoms with E-state index in [4.69, 9.17) is 16.3 Å². The summed E-state index contributed by atoms with van der Waals surface area (Å²) in [4.78, 5) is 18.8. The van der Waals surface area contributed by atoms with E-state index in [1.807, 2.05) is 17.0 Å². The van der Waals surface area contributed by atoms with Crippen LogP contribution in [0, 0.1) is 0 Å². The molecule has 0 radical (unpaired) electrons. The number of nitrogens with zero attached hydrogens (tertiary/aromatic N) is 2. The summed E-state index contributed by atoms with van der Waals surface area (Å²) in [5.74, 6) is 0.626. The predicted molar refractivity (Wildman–Crippen MR) is 108 cm³/mol. The quantitative estimate of drug-likeness (QED) is 0.829. The minimum absolute atomic E-state index is 0. The average Bonchev–Trinajstić information content (AvgIpc) is 2.93. The average molecular weight is 419 g/mol. The minimum Gasteiger partial charge on any atom is -0.481 e. The molecule has 26 heavy (non-hydrogen) atoms. The summed E-state index contributed by atoms with van der Waals surface area (Å²) in [7, 11) is 0. The lowest BCUT2D eigenvalue weighted by atomic mass is 10.1. The van der Waals surface area contributed by atoms with Gasteiger partial charge in [0.25, 0.3) is 5.91 Å². The van der Waals surface area contributed by atoms with Gasteiger partial charge in [-0.25, -0.2) is 0 Å². The Morgan fingerprint density at radius 1 is 1.23 bits per heavy atom. The number of likely N-dealkylation sites (tertiary alicyclic amines) is 1. The Bertz CT molecular complexity index is 774. The fourth-order valence-electron chi connectivity index (χ4n) is 3.63. The van der Waals surface area contributed by atoms with Crippen molar-refractivity contribution in [2.24, 2.45) is 0 Å². The Morgan fingerprint density at radius 2 is 2.04 bits per heavy atom. The highest BCUT2D eigenvalue weighted by atomic mass is 35.5. The van der Waals surface area contributed by atoms with E-state index in [0.29, 0.717) is 28.4 Å². The maximum absolute atomic E-state index is 12.5. The fourth-order valence-corrected chi connectivity index (χ4v) is 3.84. The van der Waals surface area contributed by atoms with Crippen LogP contribution in [-0.4, -0.2) is 47.6 Å². The van der Waals surface area contributed by atoms with Gasteiger partial charge in [0.1, 0.15) is 11.3 Å². The largest absolute Gasteiger partial charge is 0.481 e. The number of carbonyl (C=O) groups excluding carboxylic acids is 1. The molecule has 2 bridgehead atoms.